The third-order valence-corrected chi connectivity index (χ3v) is 6.93. The van der Waals surface area contributed by atoms with E-state index in [-0.39, 0.29) is 29.3 Å². The first-order valence-corrected chi connectivity index (χ1v) is 12.1. The highest BCUT2D eigenvalue weighted by molar-refractivity contribution is 6.02. The summed E-state index contributed by atoms with van der Waals surface area (Å²) >= 11 is 0. The summed E-state index contributed by atoms with van der Waals surface area (Å²) in [6.45, 7) is 7.85. The lowest BCUT2D eigenvalue weighted by molar-refractivity contribution is -0.126. The number of ketones is 1. The van der Waals surface area contributed by atoms with Gasteiger partial charge in [0.1, 0.15) is 17.6 Å². The van der Waals surface area contributed by atoms with Gasteiger partial charge in [0.05, 0.1) is 0 Å². The topological polar surface area (TPSA) is 131 Å². The van der Waals surface area contributed by atoms with E-state index in [9.17, 15) is 14.4 Å². The van der Waals surface area contributed by atoms with Crippen LogP contribution in [0.4, 0.5) is 5.82 Å². The van der Waals surface area contributed by atoms with Crippen molar-refractivity contribution in [1.82, 2.24) is 15.2 Å². The molecule has 2 aromatic rings. The minimum absolute atomic E-state index is 0.0241. The number of Topliss-reactive ketones (excluding diaryl/α,β-unsaturated/α-hetero) is 1. The van der Waals surface area contributed by atoms with Crippen LogP contribution >= 0.6 is 0 Å². The van der Waals surface area contributed by atoms with Crippen LogP contribution in [-0.2, 0) is 20.9 Å². The number of aryl methyl sites for hydroxylation is 1. The zero-order valence-electron chi connectivity index (χ0n) is 21.2. The van der Waals surface area contributed by atoms with Crippen LogP contribution < -0.4 is 16.8 Å². The number of allylic oxidation sites excluding steroid dienone is 3. The van der Waals surface area contributed by atoms with E-state index in [0.29, 0.717) is 29.9 Å². The monoisotopic (exact) mass is 487 g/mol. The van der Waals surface area contributed by atoms with Crippen LogP contribution in [0.2, 0.25) is 0 Å². The van der Waals surface area contributed by atoms with Crippen LogP contribution in [0.25, 0.3) is 0 Å². The number of nitrogens with two attached hydrogens (primary N) is 2. The minimum Gasteiger partial charge on any atom is -0.384 e. The SMILES string of the molecule is Cc1nc(N)ccc1CNC(=O)[C@H](C)N1C(C(N)=O)=CC(c2ccccc2)C2=C1CC(C)(C)CC2=O. The number of hydrogen-bond donors (Lipinski definition) is 3. The first-order chi connectivity index (χ1) is 17.0. The van der Waals surface area contributed by atoms with Crippen molar-refractivity contribution < 1.29 is 14.4 Å². The lowest BCUT2D eigenvalue weighted by Crippen LogP contribution is -2.50. The van der Waals surface area contributed by atoms with Gasteiger partial charge < -0.3 is 21.7 Å². The number of benzene rings is 1. The molecule has 36 heavy (non-hydrogen) atoms. The first kappa shape index (κ1) is 25.2. The Balaban J connectivity index is 1.72. The molecule has 0 spiro atoms. The van der Waals surface area contributed by atoms with Crippen molar-refractivity contribution in [1.29, 1.82) is 0 Å². The second kappa shape index (κ2) is 9.60. The van der Waals surface area contributed by atoms with Crippen molar-refractivity contribution in [2.24, 2.45) is 11.1 Å². The highest BCUT2D eigenvalue weighted by Gasteiger charge is 2.44. The molecule has 2 heterocycles. The molecule has 2 aliphatic rings. The van der Waals surface area contributed by atoms with Crippen molar-refractivity contribution in [3.63, 3.8) is 0 Å². The Bertz CT molecular complexity index is 1280. The molecule has 0 saturated carbocycles. The van der Waals surface area contributed by atoms with Crippen LogP contribution in [0.3, 0.4) is 0 Å². The molecule has 8 nitrogen and oxygen atoms in total. The van der Waals surface area contributed by atoms with E-state index < -0.39 is 17.9 Å². The second-order valence-electron chi connectivity index (χ2n) is 10.4. The summed E-state index contributed by atoms with van der Waals surface area (Å²) in [5.41, 5.74) is 15.3. The van der Waals surface area contributed by atoms with Crippen molar-refractivity contribution in [2.45, 2.75) is 59.0 Å². The van der Waals surface area contributed by atoms with Gasteiger partial charge in [0.15, 0.2) is 5.78 Å². The van der Waals surface area contributed by atoms with Gasteiger partial charge in [-0.15, -0.1) is 0 Å². The van der Waals surface area contributed by atoms with E-state index in [4.69, 9.17) is 11.5 Å². The average molecular weight is 488 g/mol. The van der Waals surface area contributed by atoms with Crippen molar-refractivity contribution in [3.8, 4) is 0 Å². The lowest BCUT2D eigenvalue weighted by Gasteiger charge is -2.45. The number of nitrogen functional groups attached to an aromatic ring is 1. The first-order valence-electron chi connectivity index (χ1n) is 12.1. The average Bonchev–Trinajstić information content (AvgIpc) is 2.81. The molecule has 1 aromatic heterocycles. The maximum atomic E-state index is 13.5. The molecule has 1 aliphatic carbocycles. The van der Waals surface area contributed by atoms with Gasteiger partial charge in [0.2, 0.25) is 5.91 Å². The van der Waals surface area contributed by atoms with Crippen molar-refractivity contribution in [3.05, 3.63) is 82.3 Å². The lowest BCUT2D eigenvalue weighted by atomic mass is 9.70. The zero-order valence-corrected chi connectivity index (χ0v) is 21.2. The highest BCUT2D eigenvalue weighted by Crippen LogP contribution is 2.47. The van der Waals surface area contributed by atoms with E-state index in [2.05, 4.69) is 10.3 Å². The van der Waals surface area contributed by atoms with E-state index in [1.54, 1.807) is 24.0 Å². The zero-order chi connectivity index (χ0) is 26.2. The predicted molar refractivity (Wildman–Crippen MR) is 138 cm³/mol. The second-order valence-corrected chi connectivity index (χ2v) is 10.4. The molecule has 5 N–H and O–H groups in total. The number of carbonyl (C=O) groups is 3. The molecule has 4 rings (SSSR count). The van der Waals surface area contributed by atoms with E-state index in [1.165, 1.54) is 0 Å². The number of aromatic nitrogens is 1. The molecular weight excluding hydrogens is 454 g/mol. The number of anilines is 1. The van der Waals surface area contributed by atoms with Gasteiger partial charge in [-0.05, 0) is 49.0 Å². The molecule has 0 saturated heterocycles. The van der Waals surface area contributed by atoms with Gasteiger partial charge in [-0.2, -0.15) is 0 Å². The molecule has 0 radical (unpaired) electrons. The molecule has 0 bridgehead atoms. The number of amides is 2. The smallest absolute Gasteiger partial charge is 0.265 e. The summed E-state index contributed by atoms with van der Waals surface area (Å²) < 4.78 is 0. The number of hydrogen-bond acceptors (Lipinski definition) is 6. The molecule has 2 atom stereocenters. The number of carbonyl (C=O) groups excluding carboxylic acids is 3. The van der Waals surface area contributed by atoms with Gasteiger partial charge in [0.25, 0.3) is 5.91 Å². The Morgan fingerprint density at radius 2 is 1.86 bits per heavy atom. The largest absolute Gasteiger partial charge is 0.384 e. The maximum absolute atomic E-state index is 13.5. The standard InChI is InChI=1S/C28H33N5O3/c1-16-19(10-11-24(29)32-16)15-31-27(36)17(2)33-21(26(30)35)12-20(18-8-6-5-7-9-18)25-22(33)13-28(3,4)14-23(25)34/h5-12,17,20H,13-15H2,1-4H3,(H2,29,32)(H2,30,35)(H,31,36)/t17-,20?/m0/s1. The number of pyridine rings is 1. The highest BCUT2D eigenvalue weighted by atomic mass is 16.2. The molecule has 0 fully saturated rings. The Labute approximate surface area is 211 Å². The maximum Gasteiger partial charge on any atom is 0.265 e. The fraction of sp³-hybridized carbons (Fsp3) is 0.357. The molecule has 188 valence electrons. The third-order valence-electron chi connectivity index (χ3n) is 6.93. The molecule has 1 aromatic carbocycles. The van der Waals surface area contributed by atoms with Crippen molar-refractivity contribution in [2.75, 3.05) is 5.73 Å². The van der Waals surface area contributed by atoms with Crippen LogP contribution in [0.5, 0.6) is 0 Å². The van der Waals surface area contributed by atoms with E-state index in [1.807, 2.05) is 57.2 Å². The number of nitrogens with one attached hydrogen (secondary N) is 1. The van der Waals surface area contributed by atoms with Gasteiger partial charge in [0, 0.05) is 35.8 Å². The predicted octanol–water partition coefficient (Wildman–Crippen LogP) is 3.09. The van der Waals surface area contributed by atoms with Crippen LogP contribution in [0.1, 0.15) is 56.4 Å². The summed E-state index contributed by atoms with van der Waals surface area (Å²) in [5, 5.41) is 2.94. The van der Waals surface area contributed by atoms with Gasteiger partial charge in [-0.25, -0.2) is 4.98 Å². The van der Waals surface area contributed by atoms with Gasteiger partial charge in [-0.1, -0.05) is 50.2 Å². The van der Waals surface area contributed by atoms with E-state index >= 15 is 0 Å². The molecule has 2 amide bonds. The summed E-state index contributed by atoms with van der Waals surface area (Å²) in [4.78, 5) is 45.4. The fourth-order valence-electron chi connectivity index (χ4n) is 5.15. The molecule has 1 unspecified atom stereocenters. The van der Waals surface area contributed by atoms with Gasteiger partial charge in [-0.3, -0.25) is 14.4 Å². The fourth-order valence-corrected chi connectivity index (χ4v) is 5.15. The summed E-state index contributed by atoms with van der Waals surface area (Å²) in [7, 11) is 0. The third kappa shape index (κ3) is 4.89. The quantitative estimate of drug-likeness (QED) is 0.574. The normalized spacial score (nSPS) is 19.9. The van der Waals surface area contributed by atoms with Crippen LogP contribution in [-0.4, -0.2) is 33.5 Å². The summed E-state index contributed by atoms with van der Waals surface area (Å²) in [6.07, 6.45) is 2.66. The van der Waals surface area contributed by atoms with Crippen LogP contribution in [0.15, 0.2) is 65.5 Å². The molecular formula is C28H33N5O3. The summed E-state index contributed by atoms with van der Waals surface area (Å²) in [5.74, 6) is -0.897. The molecule has 8 heteroatoms. The Morgan fingerprint density at radius 1 is 1.17 bits per heavy atom. The number of nitrogens with zero attached hydrogens (tertiary/aromatic N) is 2. The van der Waals surface area contributed by atoms with Crippen molar-refractivity contribution >= 4 is 23.4 Å². The Kier molecular flexibility index (Phi) is 6.71. The summed E-state index contributed by atoms with van der Waals surface area (Å²) in [6, 6.07) is 12.3. The Morgan fingerprint density at radius 3 is 2.50 bits per heavy atom. The Hall–Kier alpha value is -3.94. The minimum atomic E-state index is -0.769. The number of rotatable bonds is 6. The molecule has 1 aliphatic heterocycles. The number of primary amides is 1. The van der Waals surface area contributed by atoms with Crippen LogP contribution in [0, 0.1) is 12.3 Å². The van der Waals surface area contributed by atoms with Gasteiger partial charge >= 0.3 is 0 Å². The van der Waals surface area contributed by atoms with E-state index in [0.717, 1.165) is 16.8 Å².